The average Bonchev–Trinajstić information content (AvgIpc) is 3.00. The third-order valence-electron chi connectivity index (χ3n) is 3.75. The minimum Gasteiger partial charge on any atom is -0.399 e. The molecule has 0 spiro atoms. The van der Waals surface area contributed by atoms with Crippen LogP contribution < -0.4 is 11.1 Å². The summed E-state index contributed by atoms with van der Waals surface area (Å²) in [5.41, 5.74) is 9.56. The van der Waals surface area contributed by atoms with E-state index in [1.807, 2.05) is 24.3 Å². The van der Waals surface area contributed by atoms with Gasteiger partial charge in [-0.25, -0.2) is 0 Å². The van der Waals surface area contributed by atoms with Crippen LogP contribution in [0.1, 0.15) is 37.7 Å². The number of thiophene rings is 1. The third-order valence-corrected chi connectivity index (χ3v) is 4.99. The van der Waals surface area contributed by atoms with Crippen LogP contribution in [0.4, 0.5) is 5.69 Å². The highest BCUT2D eigenvalue weighted by Gasteiger charge is 2.15. The number of benzene rings is 1. The predicted octanol–water partition coefficient (Wildman–Crippen LogP) is 3.06. The van der Waals surface area contributed by atoms with Gasteiger partial charge in [0.1, 0.15) is 0 Å². The van der Waals surface area contributed by atoms with Crippen LogP contribution in [-0.4, -0.2) is 5.91 Å². The van der Waals surface area contributed by atoms with Crippen molar-refractivity contribution >= 4 is 22.9 Å². The van der Waals surface area contributed by atoms with E-state index in [0.717, 1.165) is 11.3 Å². The van der Waals surface area contributed by atoms with E-state index in [1.54, 1.807) is 12.1 Å². The van der Waals surface area contributed by atoms with E-state index in [2.05, 4.69) is 11.4 Å². The van der Waals surface area contributed by atoms with Gasteiger partial charge >= 0.3 is 0 Å². The first-order valence-corrected chi connectivity index (χ1v) is 7.70. The van der Waals surface area contributed by atoms with Crippen molar-refractivity contribution < 1.29 is 4.79 Å². The van der Waals surface area contributed by atoms with Crippen LogP contribution in [0.3, 0.4) is 0 Å². The smallest absolute Gasteiger partial charge is 0.251 e. The molecule has 3 rings (SSSR count). The molecule has 1 aliphatic carbocycles. The Bertz CT molecular complexity index is 639. The molecule has 1 aromatic heterocycles. The van der Waals surface area contributed by atoms with Crippen LogP contribution in [0.25, 0.3) is 0 Å². The summed E-state index contributed by atoms with van der Waals surface area (Å²) in [5, 5.41) is 2.98. The number of carbonyl (C=O) groups is 1. The van der Waals surface area contributed by atoms with E-state index < -0.39 is 0 Å². The lowest BCUT2D eigenvalue weighted by atomic mass is 10.1. The largest absolute Gasteiger partial charge is 0.399 e. The average molecular weight is 286 g/mol. The van der Waals surface area contributed by atoms with Crippen molar-refractivity contribution in [1.82, 2.24) is 5.32 Å². The number of amides is 1. The number of hydrogen-bond donors (Lipinski definition) is 2. The van der Waals surface area contributed by atoms with Gasteiger partial charge in [0.25, 0.3) is 5.91 Å². The van der Waals surface area contributed by atoms with Gasteiger partial charge in [-0.2, -0.15) is 0 Å². The second-order valence-electron chi connectivity index (χ2n) is 5.27. The lowest BCUT2D eigenvalue weighted by Gasteiger charge is -2.06. The number of nitrogens with one attached hydrogen (secondary N) is 1. The highest BCUT2D eigenvalue weighted by atomic mass is 32.1. The summed E-state index contributed by atoms with van der Waals surface area (Å²) in [6.45, 7) is 2.52. The van der Waals surface area contributed by atoms with Gasteiger partial charge in [-0.05, 0) is 61.6 Å². The van der Waals surface area contributed by atoms with Crippen molar-refractivity contribution in [2.45, 2.75) is 32.7 Å². The molecule has 104 valence electrons. The normalized spacial score (nSPS) is 13.2. The summed E-state index contributed by atoms with van der Waals surface area (Å²) < 4.78 is 0. The van der Waals surface area contributed by atoms with Gasteiger partial charge in [-0.1, -0.05) is 0 Å². The van der Waals surface area contributed by atoms with Crippen LogP contribution in [0.15, 0.2) is 24.3 Å². The van der Waals surface area contributed by atoms with Gasteiger partial charge in [0, 0.05) is 21.0 Å². The molecule has 1 heterocycles. The molecular formula is C16H18N2OS. The molecule has 1 aliphatic rings. The summed E-state index contributed by atoms with van der Waals surface area (Å²) in [5.74, 6) is -0.0401. The lowest BCUT2D eigenvalue weighted by Crippen LogP contribution is -2.22. The number of nitrogen functional groups attached to an aromatic ring is 1. The number of rotatable bonds is 3. The molecule has 1 aromatic carbocycles. The molecule has 4 heteroatoms. The summed E-state index contributed by atoms with van der Waals surface area (Å²) in [4.78, 5) is 14.9. The first kappa shape index (κ1) is 13.2. The Morgan fingerprint density at radius 2 is 2.20 bits per heavy atom. The van der Waals surface area contributed by atoms with Crippen molar-refractivity contribution in [3.05, 3.63) is 50.7 Å². The molecule has 1 amide bonds. The van der Waals surface area contributed by atoms with E-state index in [1.165, 1.54) is 34.6 Å². The molecule has 3 N–H and O–H groups in total. The van der Waals surface area contributed by atoms with Crippen LogP contribution in [0.2, 0.25) is 0 Å². The number of carbonyl (C=O) groups excluding carboxylic acids is 1. The molecule has 0 unspecified atom stereocenters. The molecule has 20 heavy (non-hydrogen) atoms. The zero-order valence-electron chi connectivity index (χ0n) is 11.5. The molecule has 0 fully saturated rings. The molecule has 0 aliphatic heterocycles. The van der Waals surface area contributed by atoms with Gasteiger partial charge in [0.15, 0.2) is 0 Å². The highest BCUT2D eigenvalue weighted by molar-refractivity contribution is 7.12. The molecule has 2 aromatic rings. The quantitative estimate of drug-likeness (QED) is 0.852. The molecular weight excluding hydrogens is 268 g/mol. The SMILES string of the molecule is Cc1cc(C(=O)NCc2cc3c(s2)CCC3)ccc1N. The van der Waals surface area contributed by atoms with Crippen LogP contribution in [-0.2, 0) is 19.4 Å². The molecule has 0 saturated carbocycles. The fraction of sp³-hybridized carbons (Fsp3) is 0.312. The fourth-order valence-electron chi connectivity index (χ4n) is 2.56. The summed E-state index contributed by atoms with van der Waals surface area (Å²) in [6, 6.07) is 7.62. The Kier molecular flexibility index (Phi) is 3.49. The van der Waals surface area contributed by atoms with Gasteiger partial charge in [-0.3, -0.25) is 4.79 Å². The lowest BCUT2D eigenvalue weighted by molar-refractivity contribution is 0.0951. The summed E-state index contributed by atoms with van der Waals surface area (Å²) in [6.07, 6.45) is 3.67. The number of fused-ring (bicyclic) bond motifs is 1. The topological polar surface area (TPSA) is 55.1 Å². The molecule has 0 bridgehead atoms. The van der Waals surface area contributed by atoms with Gasteiger partial charge in [0.05, 0.1) is 6.54 Å². The number of hydrogen-bond acceptors (Lipinski definition) is 3. The zero-order valence-corrected chi connectivity index (χ0v) is 12.3. The van der Waals surface area contributed by atoms with Gasteiger partial charge in [0.2, 0.25) is 0 Å². The molecule has 0 saturated heterocycles. The van der Waals surface area contributed by atoms with Crippen molar-refractivity contribution in [3.8, 4) is 0 Å². The first-order chi connectivity index (χ1) is 9.63. The fourth-order valence-corrected chi connectivity index (χ4v) is 3.76. The minimum atomic E-state index is -0.0401. The Morgan fingerprint density at radius 1 is 1.35 bits per heavy atom. The van der Waals surface area contributed by atoms with Crippen LogP contribution in [0.5, 0.6) is 0 Å². The van der Waals surface area contributed by atoms with Gasteiger partial charge < -0.3 is 11.1 Å². The van der Waals surface area contributed by atoms with Crippen molar-refractivity contribution in [2.24, 2.45) is 0 Å². The second kappa shape index (κ2) is 5.29. The van der Waals surface area contributed by atoms with E-state index in [4.69, 9.17) is 5.73 Å². The maximum absolute atomic E-state index is 12.1. The molecule has 0 atom stereocenters. The van der Waals surface area contributed by atoms with Crippen molar-refractivity contribution in [3.63, 3.8) is 0 Å². The first-order valence-electron chi connectivity index (χ1n) is 6.88. The third kappa shape index (κ3) is 2.56. The Labute approximate surface area is 122 Å². The van der Waals surface area contributed by atoms with Crippen molar-refractivity contribution in [1.29, 1.82) is 0 Å². The second-order valence-corrected chi connectivity index (χ2v) is 6.49. The Morgan fingerprint density at radius 3 is 2.95 bits per heavy atom. The molecule has 3 nitrogen and oxygen atoms in total. The van der Waals surface area contributed by atoms with Gasteiger partial charge in [-0.15, -0.1) is 11.3 Å². The number of nitrogens with two attached hydrogens (primary N) is 1. The summed E-state index contributed by atoms with van der Waals surface area (Å²) >= 11 is 1.83. The summed E-state index contributed by atoms with van der Waals surface area (Å²) in [7, 11) is 0. The standard InChI is InChI=1S/C16H18N2OS/c1-10-7-12(5-6-14(10)17)16(19)18-9-13-8-11-3-2-4-15(11)20-13/h5-8H,2-4,9,17H2,1H3,(H,18,19). The van der Waals surface area contributed by atoms with E-state index in [-0.39, 0.29) is 5.91 Å². The maximum Gasteiger partial charge on any atom is 0.251 e. The molecule has 0 radical (unpaired) electrons. The monoisotopic (exact) mass is 286 g/mol. The van der Waals surface area contributed by atoms with Crippen LogP contribution >= 0.6 is 11.3 Å². The van der Waals surface area contributed by atoms with E-state index in [9.17, 15) is 4.79 Å². The number of aryl methyl sites for hydroxylation is 3. The predicted molar refractivity (Wildman–Crippen MR) is 83.1 cm³/mol. The van der Waals surface area contributed by atoms with E-state index in [0.29, 0.717) is 12.1 Å². The van der Waals surface area contributed by atoms with Crippen LogP contribution in [0, 0.1) is 6.92 Å². The Hall–Kier alpha value is -1.81. The highest BCUT2D eigenvalue weighted by Crippen LogP contribution is 2.30. The number of anilines is 1. The zero-order chi connectivity index (χ0) is 14.1. The van der Waals surface area contributed by atoms with Crippen molar-refractivity contribution in [2.75, 3.05) is 5.73 Å². The van der Waals surface area contributed by atoms with E-state index >= 15 is 0 Å². The maximum atomic E-state index is 12.1. The Balaban J connectivity index is 1.65. The minimum absolute atomic E-state index is 0.0401.